The zero-order valence-corrected chi connectivity index (χ0v) is 13.7. The molecule has 1 heterocycles. The Balaban J connectivity index is 1.52. The van der Waals surface area contributed by atoms with Crippen molar-refractivity contribution in [1.82, 2.24) is 5.32 Å². The summed E-state index contributed by atoms with van der Waals surface area (Å²) in [6.45, 7) is 2.25. The van der Waals surface area contributed by atoms with Crippen LogP contribution >= 0.6 is 0 Å². The van der Waals surface area contributed by atoms with Gasteiger partial charge in [-0.15, -0.1) is 0 Å². The Hall–Kier alpha value is -2.53. The van der Waals surface area contributed by atoms with Gasteiger partial charge < -0.3 is 19.5 Å². The number of methoxy groups -OCH3 is 1. The third-order valence-electron chi connectivity index (χ3n) is 3.88. The van der Waals surface area contributed by atoms with E-state index in [0.29, 0.717) is 31.9 Å². The number of fused-ring (bicyclic) bond motifs is 1. The minimum atomic E-state index is -0.0786. The summed E-state index contributed by atoms with van der Waals surface area (Å²) in [5, 5.41) is 2.94. The second-order valence-electron chi connectivity index (χ2n) is 5.59. The number of rotatable bonds is 7. The van der Waals surface area contributed by atoms with Crippen LogP contribution in [0.1, 0.15) is 21.5 Å². The molecule has 0 bridgehead atoms. The Morgan fingerprint density at radius 2 is 2.00 bits per heavy atom. The molecule has 0 saturated carbocycles. The molecule has 24 heavy (non-hydrogen) atoms. The number of amides is 1. The van der Waals surface area contributed by atoms with Gasteiger partial charge >= 0.3 is 0 Å². The molecule has 0 fully saturated rings. The molecule has 0 radical (unpaired) electrons. The van der Waals surface area contributed by atoms with Gasteiger partial charge in [-0.1, -0.05) is 12.1 Å². The molecule has 126 valence electrons. The molecule has 0 atom stereocenters. The van der Waals surface area contributed by atoms with Crippen molar-refractivity contribution in [2.24, 2.45) is 0 Å². The van der Waals surface area contributed by atoms with Crippen LogP contribution in [-0.2, 0) is 17.7 Å². The quantitative estimate of drug-likeness (QED) is 0.794. The second kappa shape index (κ2) is 7.84. The standard InChI is InChI=1S/C19H21NO4/c1-22-10-11-23-17-5-2-14(3-6-17)13-20-19(21)16-4-7-18-15(12-16)8-9-24-18/h2-7,12H,8-11,13H2,1H3,(H,20,21). The van der Waals surface area contributed by atoms with Gasteiger partial charge in [-0.25, -0.2) is 0 Å². The summed E-state index contributed by atoms with van der Waals surface area (Å²) in [6, 6.07) is 13.2. The Morgan fingerprint density at radius 1 is 1.17 bits per heavy atom. The Kier molecular flexibility index (Phi) is 5.33. The van der Waals surface area contributed by atoms with Crippen molar-refractivity contribution < 1.29 is 19.0 Å². The number of carbonyl (C=O) groups is 1. The summed E-state index contributed by atoms with van der Waals surface area (Å²) >= 11 is 0. The third-order valence-corrected chi connectivity index (χ3v) is 3.88. The molecule has 1 aliphatic heterocycles. The van der Waals surface area contributed by atoms with Gasteiger partial charge in [-0.05, 0) is 41.5 Å². The first-order valence-electron chi connectivity index (χ1n) is 8.01. The predicted octanol–water partition coefficient (Wildman–Crippen LogP) is 2.58. The first-order valence-corrected chi connectivity index (χ1v) is 8.01. The average Bonchev–Trinajstić information content (AvgIpc) is 3.08. The summed E-state index contributed by atoms with van der Waals surface area (Å²) in [6.07, 6.45) is 0.862. The summed E-state index contributed by atoms with van der Waals surface area (Å²) in [7, 11) is 1.64. The molecule has 2 aromatic carbocycles. The maximum absolute atomic E-state index is 12.3. The van der Waals surface area contributed by atoms with Crippen LogP contribution in [0.15, 0.2) is 42.5 Å². The minimum Gasteiger partial charge on any atom is -0.493 e. The SMILES string of the molecule is COCCOc1ccc(CNC(=O)c2ccc3c(c2)CCO3)cc1. The molecule has 5 heteroatoms. The summed E-state index contributed by atoms with van der Waals surface area (Å²) in [5.41, 5.74) is 2.78. The van der Waals surface area contributed by atoms with Crippen molar-refractivity contribution in [2.75, 3.05) is 26.9 Å². The normalized spacial score (nSPS) is 12.4. The second-order valence-corrected chi connectivity index (χ2v) is 5.59. The lowest BCUT2D eigenvalue weighted by molar-refractivity contribution is 0.0951. The molecule has 1 amide bonds. The van der Waals surface area contributed by atoms with E-state index in [0.717, 1.165) is 29.0 Å². The highest BCUT2D eigenvalue weighted by atomic mass is 16.5. The summed E-state index contributed by atoms with van der Waals surface area (Å²) in [4.78, 5) is 12.3. The van der Waals surface area contributed by atoms with Crippen LogP contribution in [0.5, 0.6) is 11.5 Å². The van der Waals surface area contributed by atoms with Crippen LogP contribution < -0.4 is 14.8 Å². The highest BCUT2D eigenvalue weighted by Gasteiger charge is 2.14. The van der Waals surface area contributed by atoms with Crippen molar-refractivity contribution in [3.8, 4) is 11.5 Å². The van der Waals surface area contributed by atoms with Crippen LogP contribution in [0.3, 0.4) is 0 Å². The Bertz CT molecular complexity index is 697. The van der Waals surface area contributed by atoms with Gasteiger partial charge in [0.2, 0.25) is 0 Å². The average molecular weight is 327 g/mol. The molecule has 0 spiro atoms. The van der Waals surface area contributed by atoms with Crippen molar-refractivity contribution in [3.05, 3.63) is 59.2 Å². The number of benzene rings is 2. The minimum absolute atomic E-state index is 0.0786. The van der Waals surface area contributed by atoms with Gasteiger partial charge in [0.05, 0.1) is 13.2 Å². The monoisotopic (exact) mass is 327 g/mol. The van der Waals surface area contributed by atoms with Gasteiger partial charge in [0.15, 0.2) is 0 Å². The van der Waals surface area contributed by atoms with Gasteiger partial charge in [0.25, 0.3) is 5.91 Å². The molecule has 0 saturated heterocycles. The van der Waals surface area contributed by atoms with Gasteiger partial charge in [0, 0.05) is 25.6 Å². The maximum atomic E-state index is 12.3. The van der Waals surface area contributed by atoms with Gasteiger partial charge in [-0.2, -0.15) is 0 Å². The molecule has 1 N–H and O–H groups in total. The first-order chi connectivity index (χ1) is 11.8. The summed E-state index contributed by atoms with van der Waals surface area (Å²) in [5.74, 6) is 1.60. The number of carbonyl (C=O) groups excluding carboxylic acids is 1. The lowest BCUT2D eigenvalue weighted by atomic mass is 10.1. The van der Waals surface area contributed by atoms with E-state index in [2.05, 4.69) is 5.32 Å². The van der Waals surface area contributed by atoms with E-state index in [1.807, 2.05) is 36.4 Å². The first kappa shape index (κ1) is 16.3. The topological polar surface area (TPSA) is 56.8 Å². The molecule has 0 aliphatic carbocycles. The molecule has 0 unspecified atom stereocenters. The van der Waals surface area contributed by atoms with E-state index in [9.17, 15) is 4.79 Å². The van der Waals surface area contributed by atoms with E-state index < -0.39 is 0 Å². The molecule has 0 aromatic heterocycles. The molecule has 1 aliphatic rings. The lowest BCUT2D eigenvalue weighted by Gasteiger charge is -2.08. The predicted molar refractivity (Wildman–Crippen MR) is 90.6 cm³/mol. The fourth-order valence-electron chi connectivity index (χ4n) is 2.56. The van der Waals surface area contributed by atoms with Crippen LogP contribution in [-0.4, -0.2) is 32.8 Å². The molecule has 5 nitrogen and oxygen atoms in total. The van der Waals surface area contributed by atoms with Crippen molar-refractivity contribution in [2.45, 2.75) is 13.0 Å². The van der Waals surface area contributed by atoms with Crippen LogP contribution in [0.25, 0.3) is 0 Å². The number of ether oxygens (including phenoxy) is 3. The van der Waals surface area contributed by atoms with E-state index in [-0.39, 0.29) is 5.91 Å². The fourth-order valence-corrected chi connectivity index (χ4v) is 2.56. The highest BCUT2D eigenvalue weighted by Crippen LogP contribution is 2.25. The van der Waals surface area contributed by atoms with E-state index in [1.54, 1.807) is 13.2 Å². The number of hydrogen-bond donors (Lipinski definition) is 1. The Labute approximate surface area is 141 Å². The zero-order chi connectivity index (χ0) is 16.8. The van der Waals surface area contributed by atoms with Gasteiger partial charge in [0.1, 0.15) is 18.1 Å². The number of nitrogens with one attached hydrogen (secondary N) is 1. The molecule has 2 aromatic rings. The van der Waals surface area contributed by atoms with Crippen molar-refractivity contribution in [1.29, 1.82) is 0 Å². The molecule has 3 rings (SSSR count). The van der Waals surface area contributed by atoms with E-state index in [4.69, 9.17) is 14.2 Å². The zero-order valence-electron chi connectivity index (χ0n) is 13.7. The van der Waals surface area contributed by atoms with Crippen LogP contribution in [0.2, 0.25) is 0 Å². The smallest absolute Gasteiger partial charge is 0.251 e. The van der Waals surface area contributed by atoms with Gasteiger partial charge in [-0.3, -0.25) is 4.79 Å². The van der Waals surface area contributed by atoms with E-state index >= 15 is 0 Å². The van der Waals surface area contributed by atoms with Crippen molar-refractivity contribution >= 4 is 5.91 Å². The fraction of sp³-hybridized carbons (Fsp3) is 0.316. The van der Waals surface area contributed by atoms with Crippen molar-refractivity contribution in [3.63, 3.8) is 0 Å². The molecular weight excluding hydrogens is 306 g/mol. The maximum Gasteiger partial charge on any atom is 0.251 e. The van der Waals surface area contributed by atoms with Crippen LogP contribution in [0.4, 0.5) is 0 Å². The lowest BCUT2D eigenvalue weighted by Crippen LogP contribution is -2.22. The summed E-state index contributed by atoms with van der Waals surface area (Å²) < 4.78 is 15.9. The third kappa shape index (κ3) is 4.06. The van der Waals surface area contributed by atoms with E-state index in [1.165, 1.54) is 0 Å². The van der Waals surface area contributed by atoms with Crippen LogP contribution in [0, 0.1) is 0 Å². The largest absolute Gasteiger partial charge is 0.493 e. The number of hydrogen-bond acceptors (Lipinski definition) is 4. The highest BCUT2D eigenvalue weighted by molar-refractivity contribution is 5.94. The molecular formula is C19H21NO4. The Morgan fingerprint density at radius 3 is 2.79 bits per heavy atom.